The van der Waals surface area contributed by atoms with Crippen LogP contribution in [-0.2, 0) is 6.61 Å². The molecule has 0 spiro atoms. The highest BCUT2D eigenvalue weighted by molar-refractivity contribution is 6.12. The minimum absolute atomic E-state index is 0.248. The van der Waals surface area contributed by atoms with Crippen LogP contribution >= 0.6 is 0 Å². The third-order valence-electron chi connectivity index (χ3n) is 4.90. The van der Waals surface area contributed by atoms with Crippen molar-refractivity contribution < 1.29 is 24.1 Å². The number of benzene rings is 4. The van der Waals surface area contributed by atoms with Crippen LogP contribution in [0.3, 0.4) is 0 Å². The number of carboxylic acids is 1. The molecule has 5 heteroatoms. The Kier molecular flexibility index (Phi) is 4.96. The smallest absolute Gasteiger partial charge is 0.335 e. The van der Waals surface area contributed by atoms with Crippen molar-refractivity contribution in [2.45, 2.75) is 6.61 Å². The van der Waals surface area contributed by atoms with Crippen LogP contribution in [-0.4, -0.2) is 25.3 Å². The van der Waals surface area contributed by atoms with Crippen molar-refractivity contribution >= 4 is 27.5 Å². The number of ether oxygens (including phenoxy) is 3. The van der Waals surface area contributed by atoms with E-state index >= 15 is 0 Å². The fraction of sp³-hybridized carbons (Fsp3) is 0.125. The van der Waals surface area contributed by atoms with Crippen molar-refractivity contribution in [2.24, 2.45) is 0 Å². The number of fused-ring (bicyclic) bond motifs is 3. The molecule has 0 atom stereocenters. The first kappa shape index (κ1) is 18.6. The molecule has 0 saturated carbocycles. The van der Waals surface area contributed by atoms with Gasteiger partial charge >= 0.3 is 5.97 Å². The van der Waals surface area contributed by atoms with Crippen LogP contribution in [0.1, 0.15) is 15.9 Å². The first-order valence-corrected chi connectivity index (χ1v) is 9.14. The number of methoxy groups -OCH3 is 2. The molecule has 29 heavy (non-hydrogen) atoms. The summed E-state index contributed by atoms with van der Waals surface area (Å²) in [6.07, 6.45) is 0. The summed E-state index contributed by atoms with van der Waals surface area (Å²) in [5.41, 5.74) is 1.29. The molecule has 1 N–H and O–H groups in total. The quantitative estimate of drug-likeness (QED) is 0.455. The summed E-state index contributed by atoms with van der Waals surface area (Å²) in [6, 6.07) is 20.7. The molecule has 5 nitrogen and oxygen atoms in total. The number of carboxylic acid groups (broad SMARTS) is 1. The summed E-state index contributed by atoms with van der Waals surface area (Å²) in [6.45, 7) is 0.389. The molecular formula is C24H20O5. The maximum atomic E-state index is 11.3. The van der Waals surface area contributed by atoms with Crippen molar-refractivity contribution in [2.75, 3.05) is 14.2 Å². The Morgan fingerprint density at radius 1 is 0.828 bits per heavy atom. The number of hydrogen-bond acceptors (Lipinski definition) is 4. The number of hydrogen-bond donors (Lipinski definition) is 1. The Hall–Kier alpha value is -3.73. The highest BCUT2D eigenvalue weighted by Crippen LogP contribution is 2.45. The van der Waals surface area contributed by atoms with Gasteiger partial charge in [0.2, 0.25) is 5.75 Å². The lowest BCUT2D eigenvalue weighted by Crippen LogP contribution is -2.00. The van der Waals surface area contributed by atoms with Crippen molar-refractivity contribution in [1.82, 2.24) is 0 Å². The average Bonchev–Trinajstić information content (AvgIpc) is 2.76. The minimum atomic E-state index is -0.953. The summed E-state index contributed by atoms with van der Waals surface area (Å²) < 4.78 is 17.3. The average molecular weight is 388 g/mol. The van der Waals surface area contributed by atoms with E-state index in [9.17, 15) is 9.90 Å². The molecule has 0 saturated heterocycles. The second-order valence-electron chi connectivity index (χ2n) is 6.62. The van der Waals surface area contributed by atoms with Crippen molar-refractivity contribution in [3.8, 4) is 17.2 Å². The highest BCUT2D eigenvalue weighted by Gasteiger charge is 2.18. The van der Waals surface area contributed by atoms with Crippen molar-refractivity contribution in [3.05, 3.63) is 77.9 Å². The van der Waals surface area contributed by atoms with Crippen LogP contribution in [0.25, 0.3) is 21.5 Å². The van der Waals surface area contributed by atoms with Gasteiger partial charge in [-0.25, -0.2) is 4.79 Å². The Labute approximate surface area is 168 Å². The van der Waals surface area contributed by atoms with Crippen LogP contribution in [0.4, 0.5) is 0 Å². The van der Waals surface area contributed by atoms with Crippen LogP contribution in [0.5, 0.6) is 17.2 Å². The second kappa shape index (κ2) is 7.72. The summed E-state index contributed by atoms with van der Waals surface area (Å²) in [4.78, 5) is 11.3. The van der Waals surface area contributed by atoms with Gasteiger partial charge in [0.25, 0.3) is 0 Å². The van der Waals surface area contributed by atoms with Gasteiger partial charge < -0.3 is 19.3 Å². The molecule has 0 fully saturated rings. The Bertz CT molecular complexity index is 1200. The lowest BCUT2D eigenvalue weighted by Gasteiger charge is -2.17. The number of carbonyl (C=O) groups is 1. The Morgan fingerprint density at radius 3 is 2.24 bits per heavy atom. The lowest BCUT2D eigenvalue weighted by atomic mass is 9.99. The maximum absolute atomic E-state index is 11.3. The van der Waals surface area contributed by atoms with E-state index in [1.807, 2.05) is 54.6 Å². The van der Waals surface area contributed by atoms with Gasteiger partial charge in [-0.15, -0.1) is 0 Å². The first-order valence-electron chi connectivity index (χ1n) is 9.14. The van der Waals surface area contributed by atoms with E-state index in [0.29, 0.717) is 23.9 Å². The van der Waals surface area contributed by atoms with Gasteiger partial charge in [-0.3, -0.25) is 0 Å². The maximum Gasteiger partial charge on any atom is 0.335 e. The normalized spacial score (nSPS) is 10.8. The standard InChI is InChI=1S/C24H20O5/c1-27-22-19-11-8-16-12-17(24(25)26)9-10-18(16)20(19)13-21(23(22)28-2)29-14-15-6-4-3-5-7-15/h3-13H,14H2,1-2H3,(H,25,26). The zero-order valence-corrected chi connectivity index (χ0v) is 16.1. The van der Waals surface area contributed by atoms with Gasteiger partial charge in [0.1, 0.15) is 6.61 Å². The van der Waals surface area contributed by atoms with E-state index in [4.69, 9.17) is 14.2 Å². The van der Waals surface area contributed by atoms with E-state index in [1.54, 1.807) is 26.4 Å². The summed E-state index contributed by atoms with van der Waals surface area (Å²) in [5, 5.41) is 12.8. The molecule has 146 valence electrons. The Morgan fingerprint density at radius 2 is 1.55 bits per heavy atom. The summed E-state index contributed by atoms with van der Waals surface area (Å²) in [5.74, 6) is 0.719. The molecular weight excluding hydrogens is 368 g/mol. The molecule has 0 aliphatic heterocycles. The monoisotopic (exact) mass is 388 g/mol. The molecule has 0 bridgehead atoms. The van der Waals surface area contributed by atoms with E-state index in [-0.39, 0.29) is 5.56 Å². The van der Waals surface area contributed by atoms with E-state index in [2.05, 4.69) is 0 Å². The molecule has 0 heterocycles. The molecule has 0 aliphatic rings. The van der Waals surface area contributed by atoms with Gasteiger partial charge in [0.15, 0.2) is 11.5 Å². The molecule has 0 aromatic heterocycles. The first-order chi connectivity index (χ1) is 14.1. The lowest BCUT2D eigenvalue weighted by molar-refractivity contribution is 0.0697. The number of aromatic carboxylic acids is 1. The molecule has 0 aliphatic carbocycles. The summed E-state index contributed by atoms with van der Waals surface area (Å²) in [7, 11) is 3.18. The zero-order chi connectivity index (χ0) is 20.4. The van der Waals surface area contributed by atoms with Crippen LogP contribution < -0.4 is 14.2 Å². The number of rotatable bonds is 6. The third-order valence-corrected chi connectivity index (χ3v) is 4.90. The molecule has 0 unspecified atom stereocenters. The predicted molar refractivity (Wildman–Crippen MR) is 112 cm³/mol. The van der Waals surface area contributed by atoms with Gasteiger partial charge in [-0.2, -0.15) is 0 Å². The van der Waals surface area contributed by atoms with Crippen molar-refractivity contribution in [3.63, 3.8) is 0 Å². The molecule has 4 rings (SSSR count). The van der Waals surface area contributed by atoms with E-state index in [1.165, 1.54) is 0 Å². The largest absolute Gasteiger partial charge is 0.492 e. The van der Waals surface area contributed by atoms with Gasteiger partial charge in [0, 0.05) is 5.39 Å². The fourth-order valence-electron chi connectivity index (χ4n) is 3.51. The Balaban J connectivity index is 1.89. The zero-order valence-electron chi connectivity index (χ0n) is 16.1. The third kappa shape index (κ3) is 3.43. The van der Waals surface area contributed by atoms with Crippen LogP contribution in [0.15, 0.2) is 66.7 Å². The fourth-order valence-corrected chi connectivity index (χ4v) is 3.51. The second-order valence-corrected chi connectivity index (χ2v) is 6.62. The SMILES string of the molecule is COc1c(OCc2ccccc2)cc2c(ccc3cc(C(=O)O)ccc32)c1OC. The highest BCUT2D eigenvalue weighted by atomic mass is 16.5. The van der Waals surface area contributed by atoms with E-state index < -0.39 is 5.97 Å². The van der Waals surface area contributed by atoms with Gasteiger partial charge in [-0.05, 0) is 46.0 Å². The predicted octanol–water partition coefficient (Wildman–Crippen LogP) is 5.29. The van der Waals surface area contributed by atoms with Gasteiger partial charge in [-0.1, -0.05) is 42.5 Å². The van der Waals surface area contributed by atoms with E-state index in [0.717, 1.165) is 27.1 Å². The topological polar surface area (TPSA) is 65.0 Å². The molecule has 0 radical (unpaired) electrons. The van der Waals surface area contributed by atoms with Crippen LogP contribution in [0, 0.1) is 0 Å². The van der Waals surface area contributed by atoms with Crippen molar-refractivity contribution in [1.29, 1.82) is 0 Å². The van der Waals surface area contributed by atoms with Crippen LogP contribution in [0.2, 0.25) is 0 Å². The van der Waals surface area contributed by atoms with Gasteiger partial charge in [0.05, 0.1) is 19.8 Å². The summed E-state index contributed by atoms with van der Waals surface area (Å²) >= 11 is 0. The molecule has 4 aromatic carbocycles. The molecule has 4 aromatic rings. The molecule has 0 amide bonds. The minimum Gasteiger partial charge on any atom is -0.492 e.